The second kappa shape index (κ2) is 5.66. The van der Waals surface area contributed by atoms with Crippen LogP contribution in [0.4, 0.5) is 0 Å². The molecular formula is C19H15NO5. The summed E-state index contributed by atoms with van der Waals surface area (Å²) in [6.07, 6.45) is 0. The molecule has 1 N–H and O–H groups in total. The first kappa shape index (κ1) is 15.3. The third-order valence-corrected chi connectivity index (χ3v) is 4.34. The Morgan fingerprint density at radius 3 is 2.52 bits per heavy atom. The normalized spacial score (nSPS) is 15.8. The van der Waals surface area contributed by atoms with E-state index < -0.39 is 11.9 Å². The number of ether oxygens (including phenoxy) is 2. The third-order valence-electron chi connectivity index (χ3n) is 4.34. The molecule has 0 radical (unpaired) electrons. The number of nitrogens with one attached hydrogen (secondary N) is 1. The van der Waals surface area contributed by atoms with Gasteiger partial charge in [0.1, 0.15) is 5.58 Å². The van der Waals surface area contributed by atoms with Crippen LogP contribution < -0.4 is 20.2 Å². The standard InChI is InChI=1S/C19H15NO5/c1-23-13-8-7-10(9-14(13)24-2)16-15-17(21)11-5-3-4-6-12(11)25-18(15)19(22)20-16/h3-9,16H,1-2H3,(H,20,22)/t16-/m1/s1. The Labute approximate surface area is 143 Å². The summed E-state index contributed by atoms with van der Waals surface area (Å²) < 4.78 is 16.2. The van der Waals surface area contributed by atoms with E-state index in [1.165, 1.54) is 7.11 Å². The lowest BCUT2D eigenvalue weighted by Crippen LogP contribution is -2.22. The van der Waals surface area contributed by atoms with E-state index in [-0.39, 0.29) is 11.2 Å². The quantitative estimate of drug-likeness (QED) is 0.795. The number of hydrogen-bond acceptors (Lipinski definition) is 5. The molecule has 1 atom stereocenters. The van der Waals surface area contributed by atoms with Crippen LogP contribution in [0.3, 0.4) is 0 Å². The molecule has 1 aromatic heterocycles. The van der Waals surface area contributed by atoms with Gasteiger partial charge in [-0.05, 0) is 29.8 Å². The molecule has 3 aromatic rings. The number of fused-ring (bicyclic) bond motifs is 2. The topological polar surface area (TPSA) is 77.8 Å². The van der Waals surface area contributed by atoms with E-state index in [4.69, 9.17) is 13.9 Å². The van der Waals surface area contributed by atoms with Crippen LogP contribution in [0, 0.1) is 0 Å². The van der Waals surface area contributed by atoms with Gasteiger partial charge < -0.3 is 19.2 Å². The van der Waals surface area contributed by atoms with Gasteiger partial charge in [0, 0.05) is 0 Å². The zero-order chi connectivity index (χ0) is 17.6. The molecule has 6 nitrogen and oxygen atoms in total. The van der Waals surface area contributed by atoms with Crippen LogP contribution in [0.25, 0.3) is 11.0 Å². The van der Waals surface area contributed by atoms with E-state index in [0.29, 0.717) is 33.6 Å². The van der Waals surface area contributed by atoms with Crippen molar-refractivity contribution in [2.24, 2.45) is 0 Å². The van der Waals surface area contributed by atoms with Crippen LogP contribution in [0.5, 0.6) is 11.5 Å². The van der Waals surface area contributed by atoms with Gasteiger partial charge in [0.2, 0.25) is 5.76 Å². The highest BCUT2D eigenvalue weighted by Crippen LogP contribution is 2.35. The molecule has 1 amide bonds. The Morgan fingerprint density at radius 1 is 1.00 bits per heavy atom. The smallest absolute Gasteiger partial charge is 0.288 e. The molecule has 6 heteroatoms. The maximum absolute atomic E-state index is 12.9. The maximum Gasteiger partial charge on any atom is 0.288 e. The van der Waals surface area contributed by atoms with Gasteiger partial charge in [-0.1, -0.05) is 18.2 Å². The molecular weight excluding hydrogens is 322 g/mol. The summed E-state index contributed by atoms with van der Waals surface area (Å²) in [6, 6.07) is 11.6. The van der Waals surface area contributed by atoms with Gasteiger partial charge in [-0.15, -0.1) is 0 Å². The predicted octanol–water partition coefficient (Wildman–Crippen LogP) is 2.64. The number of rotatable bonds is 3. The SMILES string of the molecule is COc1ccc([C@H]2NC(=O)c3oc4ccccc4c(=O)c32)cc1OC. The second-order valence-electron chi connectivity index (χ2n) is 5.69. The average Bonchev–Trinajstić information content (AvgIpc) is 2.98. The monoisotopic (exact) mass is 337 g/mol. The van der Waals surface area contributed by atoms with Gasteiger partial charge in [-0.25, -0.2) is 0 Å². The van der Waals surface area contributed by atoms with Crippen LogP contribution in [-0.2, 0) is 0 Å². The molecule has 0 saturated heterocycles. The lowest BCUT2D eigenvalue weighted by molar-refractivity contribution is 0.0938. The van der Waals surface area contributed by atoms with E-state index in [9.17, 15) is 9.59 Å². The molecule has 2 heterocycles. The van der Waals surface area contributed by atoms with Crippen molar-refractivity contribution in [3.63, 3.8) is 0 Å². The minimum atomic E-state index is -0.594. The highest BCUT2D eigenvalue weighted by Gasteiger charge is 2.36. The molecule has 126 valence electrons. The highest BCUT2D eigenvalue weighted by molar-refractivity contribution is 5.98. The van der Waals surface area contributed by atoms with Gasteiger partial charge in [-0.3, -0.25) is 9.59 Å². The molecule has 2 aromatic carbocycles. The van der Waals surface area contributed by atoms with Crippen LogP contribution in [0.1, 0.15) is 27.7 Å². The first-order chi connectivity index (χ1) is 12.1. The van der Waals surface area contributed by atoms with Crippen LogP contribution >= 0.6 is 0 Å². The number of carbonyl (C=O) groups is 1. The minimum absolute atomic E-state index is 0.0588. The Balaban J connectivity index is 1.93. The molecule has 1 aliphatic heterocycles. The molecule has 25 heavy (non-hydrogen) atoms. The molecule has 0 spiro atoms. The van der Waals surface area contributed by atoms with Gasteiger partial charge in [0.15, 0.2) is 16.9 Å². The fourth-order valence-corrected chi connectivity index (χ4v) is 3.14. The summed E-state index contributed by atoms with van der Waals surface area (Å²) >= 11 is 0. The third kappa shape index (κ3) is 2.26. The molecule has 0 bridgehead atoms. The van der Waals surface area contributed by atoms with Gasteiger partial charge in [-0.2, -0.15) is 0 Å². The summed E-state index contributed by atoms with van der Waals surface area (Å²) in [4.78, 5) is 25.2. The summed E-state index contributed by atoms with van der Waals surface area (Å²) in [6.45, 7) is 0. The van der Waals surface area contributed by atoms with Gasteiger partial charge >= 0.3 is 0 Å². The zero-order valence-electron chi connectivity index (χ0n) is 13.7. The van der Waals surface area contributed by atoms with Crippen molar-refractivity contribution < 1.29 is 18.7 Å². The van der Waals surface area contributed by atoms with Crippen molar-refractivity contribution in [2.75, 3.05) is 14.2 Å². The number of benzene rings is 2. The lowest BCUT2D eigenvalue weighted by Gasteiger charge is -2.14. The van der Waals surface area contributed by atoms with Crippen LogP contribution in [-0.4, -0.2) is 20.1 Å². The fourth-order valence-electron chi connectivity index (χ4n) is 3.14. The molecule has 0 aliphatic carbocycles. The van der Waals surface area contributed by atoms with Crippen molar-refractivity contribution in [2.45, 2.75) is 6.04 Å². The number of carbonyl (C=O) groups excluding carboxylic acids is 1. The first-order valence-electron chi connectivity index (χ1n) is 7.72. The van der Waals surface area contributed by atoms with E-state index in [2.05, 4.69) is 5.32 Å². The molecule has 1 aliphatic rings. The summed E-state index contributed by atoms with van der Waals surface area (Å²) in [5.74, 6) is 0.746. The molecule has 0 fully saturated rings. The molecule has 4 rings (SSSR count). The lowest BCUT2D eigenvalue weighted by atomic mass is 9.99. The summed E-state index contributed by atoms with van der Waals surface area (Å²) in [5.41, 5.74) is 1.22. The zero-order valence-corrected chi connectivity index (χ0v) is 13.7. The van der Waals surface area contributed by atoms with Crippen LogP contribution in [0.2, 0.25) is 0 Å². The van der Waals surface area contributed by atoms with Crippen molar-refractivity contribution in [1.29, 1.82) is 0 Å². The van der Waals surface area contributed by atoms with Crippen molar-refractivity contribution in [3.05, 3.63) is 69.6 Å². The van der Waals surface area contributed by atoms with Crippen molar-refractivity contribution in [1.82, 2.24) is 5.32 Å². The molecule has 0 saturated carbocycles. The number of para-hydroxylation sites is 1. The maximum atomic E-state index is 12.9. The number of hydrogen-bond donors (Lipinski definition) is 1. The predicted molar refractivity (Wildman–Crippen MR) is 91.3 cm³/mol. The molecule has 0 unspecified atom stereocenters. The van der Waals surface area contributed by atoms with Crippen molar-refractivity contribution >= 4 is 16.9 Å². The van der Waals surface area contributed by atoms with Gasteiger partial charge in [0.25, 0.3) is 5.91 Å². The number of amides is 1. The Bertz CT molecular complexity index is 1050. The summed E-state index contributed by atoms with van der Waals surface area (Å²) in [5, 5.41) is 3.26. The minimum Gasteiger partial charge on any atom is -0.493 e. The highest BCUT2D eigenvalue weighted by atomic mass is 16.5. The van der Waals surface area contributed by atoms with E-state index >= 15 is 0 Å². The Morgan fingerprint density at radius 2 is 1.76 bits per heavy atom. The second-order valence-corrected chi connectivity index (χ2v) is 5.69. The Hall–Kier alpha value is -3.28. The summed E-state index contributed by atoms with van der Waals surface area (Å²) in [7, 11) is 3.08. The van der Waals surface area contributed by atoms with E-state index in [1.54, 1.807) is 49.6 Å². The van der Waals surface area contributed by atoms with Crippen LogP contribution in [0.15, 0.2) is 51.7 Å². The average molecular weight is 337 g/mol. The van der Waals surface area contributed by atoms with E-state index in [1.807, 2.05) is 0 Å². The van der Waals surface area contributed by atoms with E-state index in [0.717, 1.165) is 0 Å². The Kier molecular flexibility index (Phi) is 3.46. The fraction of sp³-hybridized carbons (Fsp3) is 0.158. The van der Waals surface area contributed by atoms with Gasteiger partial charge in [0.05, 0.1) is 31.2 Å². The largest absolute Gasteiger partial charge is 0.493 e. The van der Waals surface area contributed by atoms with Crippen molar-refractivity contribution in [3.8, 4) is 11.5 Å². The number of methoxy groups -OCH3 is 2. The first-order valence-corrected chi connectivity index (χ1v) is 7.72.